The normalized spacial score (nSPS) is 13.3. The second kappa shape index (κ2) is 4.77. The maximum absolute atomic E-state index is 13.3. The monoisotopic (exact) mass is 242 g/mol. The van der Waals surface area contributed by atoms with Gasteiger partial charge in [-0.25, -0.2) is 9.37 Å². The molecule has 0 saturated heterocycles. The molecule has 1 amide bonds. The van der Waals surface area contributed by atoms with Crippen LogP contribution in [0.25, 0.3) is 0 Å². The highest BCUT2D eigenvalue weighted by atomic mass is 19.2. The van der Waals surface area contributed by atoms with Gasteiger partial charge in [0.1, 0.15) is 0 Å². The van der Waals surface area contributed by atoms with E-state index in [-0.39, 0.29) is 17.0 Å². The van der Waals surface area contributed by atoms with Gasteiger partial charge in [0.2, 0.25) is 5.95 Å². The Morgan fingerprint density at radius 3 is 2.53 bits per heavy atom. The highest BCUT2D eigenvalue weighted by Gasteiger charge is 2.24. The molecule has 0 radical (unpaired) electrons. The lowest BCUT2D eigenvalue weighted by atomic mass is 9.88. The van der Waals surface area contributed by atoms with Gasteiger partial charge in [0.15, 0.2) is 5.82 Å². The third kappa shape index (κ3) is 3.22. The first-order valence-corrected chi connectivity index (χ1v) is 5.34. The van der Waals surface area contributed by atoms with Gasteiger partial charge in [0.25, 0.3) is 5.91 Å². The molecule has 5 heteroatoms. The molecule has 0 aliphatic heterocycles. The lowest BCUT2D eigenvalue weighted by molar-refractivity contribution is 0.0904. The number of hydrogen-bond acceptors (Lipinski definition) is 2. The van der Waals surface area contributed by atoms with Gasteiger partial charge in [-0.3, -0.25) is 4.79 Å². The van der Waals surface area contributed by atoms with Crippen LogP contribution < -0.4 is 5.32 Å². The SMILES string of the molecule is C[C@@H](NC(=O)c1ccnc(F)c1F)C(C)(C)C. The number of nitrogens with one attached hydrogen (secondary N) is 1. The summed E-state index contributed by atoms with van der Waals surface area (Å²) in [5.41, 5.74) is -0.480. The number of halogens is 2. The molecule has 0 aliphatic rings. The topological polar surface area (TPSA) is 42.0 Å². The first-order chi connectivity index (χ1) is 7.73. The number of hydrogen-bond donors (Lipinski definition) is 1. The fourth-order valence-corrected chi connectivity index (χ4v) is 1.08. The van der Waals surface area contributed by atoms with E-state index in [1.165, 1.54) is 0 Å². The summed E-state index contributed by atoms with van der Waals surface area (Å²) >= 11 is 0. The molecule has 0 spiro atoms. The van der Waals surface area contributed by atoms with Crippen LogP contribution in [0.15, 0.2) is 12.3 Å². The number of amides is 1. The Labute approximate surface area is 99.2 Å². The minimum Gasteiger partial charge on any atom is -0.349 e. The fraction of sp³-hybridized carbons (Fsp3) is 0.500. The Hall–Kier alpha value is -1.52. The van der Waals surface area contributed by atoms with Gasteiger partial charge >= 0.3 is 0 Å². The largest absolute Gasteiger partial charge is 0.349 e. The van der Waals surface area contributed by atoms with Crippen molar-refractivity contribution in [1.82, 2.24) is 10.3 Å². The molecule has 1 N–H and O–H groups in total. The maximum Gasteiger partial charge on any atom is 0.254 e. The van der Waals surface area contributed by atoms with Crippen molar-refractivity contribution in [1.29, 1.82) is 0 Å². The van der Waals surface area contributed by atoms with Crippen LogP contribution in [0.5, 0.6) is 0 Å². The van der Waals surface area contributed by atoms with Crippen molar-refractivity contribution in [2.75, 3.05) is 0 Å². The van der Waals surface area contributed by atoms with Crippen molar-refractivity contribution in [3.8, 4) is 0 Å². The molecule has 0 unspecified atom stereocenters. The van der Waals surface area contributed by atoms with E-state index in [0.29, 0.717) is 0 Å². The summed E-state index contributed by atoms with van der Waals surface area (Å²) in [6, 6.07) is 0.994. The summed E-state index contributed by atoms with van der Waals surface area (Å²) in [5.74, 6) is -3.11. The average molecular weight is 242 g/mol. The van der Waals surface area contributed by atoms with Crippen molar-refractivity contribution in [2.45, 2.75) is 33.7 Å². The molecule has 1 heterocycles. The van der Waals surface area contributed by atoms with Crippen molar-refractivity contribution < 1.29 is 13.6 Å². The van der Waals surface area contributed by atoms with Crippen molar-refractivity contribution in [2.24, 2.45) is 5.41 Å². The lowest BCUT2D eigenvalue weighted by Gasteiger charge is -2.28. The van der Waals surface area contributed by atoms with Crippen LogP contribution in [0, 0.1) is 17.2 Å². The predicted molar refractivity (Wildman–Crippen MR) is 60.5 cm³/mol. The predicted octanol–water partition coefficient (Wildman–Crippen LogP) is 2.52. The van der Waals surface area contributed by atoms with Gasteiger partial charge in [-0.1, -0.05) is 20.8 Å². The molecule has 1 aromatic rings. The zero-order chi connectivity index (χ0) is 13.2. The molecule has 1 aromatic heterocycles. The van der Waals surface area contributed by atoms with Gasteiger partial charge in [0.05, 0.1) is 5.56 Å². The Bertz CT molecular complexity index is 427. The van der Waals surface area contributed by atoms with Gasteiger partial charge in [0, 0.05) is 12.2 Å². The third-order valence-electron chi connectivity index (χ3n) is 2.74. The Balaban J connectivity index is 2.88. The van der Waals surface area contributed by atoms with Crippen molar-refractivity contribution >= 4 is 5.91 Å². The van der Waals surface area contributed by atoms with Gasteiger partial charge in [-0.05, 0) is 18.4 Å². The summed E-state index contributed by atoms with van der Waals surface area (Å²) in [4.78, 5) is 14.9. The second-order valence-corrected chi connectivity index (χ2v) is 5.02. The van der Waals surface area contributed by atoms with E-state index in [2.05, 4.69) is 10.3 Å². The average Bonchev–Trinajstić information content (AvgIpc) is 2.20. The number of pyridine rings is 1. The molecule has 1 rings (SSSR count). The van der Waals surface area contributed by atoms with Gasteiger partial charge in [-0.2, -0.15) is 4.39 Å². The zero-order valence-electron chi connectivity index (χ0n) is 10.3. The molecule has 94 valence electrons. The van der Waals surface area contributed by atoms with E-state index in [1.54, 1.807) is 0 Å². The Morgan fingerprint density at radius 1 is 1.41 bits per heavy atom. The summed E-state index contributed by atoms with van der Waals surface area (Å²) in [5, 5.41) is 2.63. The third-order valence-corrected chi connectivity index (χ3v) is 2.74. The molecule has 0 fully saturated rings. The van der Waals surface area contributed by atoms with E-state index in [1.807, 2.05) is 27.7 Å². The molecule has 17 heavy (non-hydrogen) atoms. The molecule has 0 aromatic carbocycles. The van der Waals surface area contributed by atoms with Crippen molar-refractivity contribution in [3.63, 3.8) is 0 Å². The fourth-order valence-electron chi connectivity index (χ4n) is 1.08. The van der Waals surface area contributed by atoms with Gasteiger partial charge in [-0.15, -0.1) is 0 Å². The van der Waals surface area contributed by atoms with Crippen LogP contribution >= 0.6 is 0 Å². The molecule has 0 aliphatic carbocycles. The summed E-state index contributed by atoms with van der Waals surface area (Å²) < 4.78 is 26.1. The minimum absolute atomic E-state index is 0.155. The highest BCUT2D eigenvalue weighted by molar-refractivity contribution is 5.94. The second-order valence-electron chi connectivity index (χ2n) is 5.02. The first-order valence-electron chi connectivity index (χ1n) is 5.34. The number of rotatable bonds is 2. The number of carbonyl (C=O) groups excluding carboxylic acids is 1. The van der Waals surface area contributed by atoms with Crippen LogP contribution in [0.4, 0.5) is 8.78 Å². The van der Waals surface area contributed by atoms with Crippen LogP contribution in [-0.4, -0.2) is 16.9 Å². The molecule has 0 bridgehead atoms. The molecular weight excluding hydrogens is 226 g/mol. The molecule has 3 nitrogen and oxygen atoms in total. The van der Waals surface area contributed by atoms with Crippen LogP contribution in [-0.2, 0) is 0 Å². The summed E-state index contributed by atoms with van der Waals surface area (Å²) in [7, 11) is 0. The van der Waals surface area contributed by atoms with E-state index < -0.39 is 17.7 Å². The summed E-state index contributed by atoms with van der Waals surface area (Å²) in [6.07, 6.45) is 1.06. The summed E-state index contributed by atoms with van der Waals surface area (Å²) in [6.45, 7) is 7.65. The van der Waals surface area contributed by atoms with Gasteiger partial charge < -0.3 is 5.32 Å². The maximum atomic E-state index is 13.3. The molecule has 1 atom stereocenters. The first kappa shape index (κ1) is 13.5. The van der Waals surface area contributed by atoms with E-state index in [4.69, 9.17) is 0 Å². The lowest BCUT2D eigenvalue weighted by Crippen LogP contribution is -2.41. The quantitative estimate of drug-likeness (QED) is 0.810. The van der Waals surface area contributed by atoms with E-state index in [0.717, 1.165) is 12.3 Å². The Morgan fingerprint density at radius 2 is 2.00 bits per heavy atom. The minimum atomic E-state index is -1.26. The molecule has 0 saturated carbocycles. The van der Waals surface area contributed by atoms with Crippen molar-refractivity contribution in [3.05, 3.63) is 29.6 Å². The number of aromatic nitrogens is 1. The smallest absolute Gasteiger partial charge is 0.254 e. The van der Waals surface area contributed by atoms with E-state index >= 15 is 0 Å². The number of carbonyl (C=O) groups is 1. The van der Waals surface area contributed by atoms with Crippen LogP contribution in [0.1, 0.15) is 38.1 Å². The standard InChI is InChI=1S/C12H16F2N2O/c1-7(12(2,3)4)16-11(17)8-5-6-15-10(14)9(8)13/h5-7H,1-4H3,(H,16,17)/t7-/m1/s1. The van der Waals surface area contributed by atoms with E-state index in [9.17, 15) is 13.6 Å². The van der Waals surface area contributed by atoms with Crippen LogP contribution in [0.3, 0.4) is 0 Å². The number of nitrogens with zero attached hydrogens (tertiary/aromatic N) is 1. The zero-order valence-corrected chi connectivity index (χ0v) is 10.3. The van der Waals surface area contributed by atoms with Crippen LogP contribution in [0.2, 0.25) is 0 Å². The highest BCUT2D eigenvalue weighted by Crippen LogP contribution is 2.19. The molecular formula is C12H16F2N2O. The Kier molecular flexibility index (Phi) is 3.80.